The molecule has 0 saturated carbocycles. The Bertz CT molecular complexity index is 621. The second kappa shape index (κ2) is 7.70. The van der Waals surface area contributed by atoms with E-state index in [2.05, 4.69) is 21.4 Å². The van der Waals surface area contributed by atoms with Crippen LogP contribution in [0.15, 0.2) is 30.7 Å². The summed E-state index contributed by atoms with van der Waals surface area (Å²) in [7, 11) is 2.02. The molecule has 3 N–H and O–H groups in total. The molecule has 1 aliphatic carbocycles. The minimum absolute atomic E-state index is 0.176. The molecule has 23 heavy (non-hydrogen) atoms. The first kappa shape index (κ1) is 16.1. The number of hydrogen-bond acceptors (Lipinski definition) is 4. The summed E-state index contributed by atoms with van der Waals surface area (Å²) in [4.78, 5) is 8.92. The van der Waals surface area contributed by atoms with E-state index in [-0.39, 0.29) is 6.04 Å². The molecule has 5 nitrogen and oxygen atoms in total. The Morgan fingerprint density at radius 3 is 3.13 bits per heavy atom. The summed E-state index contributed by atoms with van der Waals surface area (Å²) in [5.41, 5.74) is 8.89. The summed E-state index contributed by atoms with van der Waals surface area (Å²) in [6.07, 6.45) is 12.2. The normalized spacial score (nSPS) is 18.6. The molecule has 0 fully saturated rings. The predicted molar refractivity (Wildman–Crippen MR) is 92.0 cm³/mol. The molecule has 2 atom stereocenters. The first-order valence-electron chi connectivity index (χ1n) is 8.63. The van der Waals surface area contributed by atoms with Crippen molar-refractivity contribution in [2.75, 3.05) is 6.54 Å². The van der Waals surface area contributed by atoms with Crippen molar-refractivity contribution < 1.29 is 0 Å². The first-order chi connectivity index (χ1) is 11.2. The Morgan fingerprint density at radius 2 is 2.30 bits per heavy atom. The van der Waals surface area contributed by atoms with E-state index in [0.29, 0.717) is 6.04 Å². The van der Waals surface area contributed by atoms with E-state index in [4.69, 9.17) is 5.73 Å². The molecule has 0 bridgehead atoms. The van der Waals surface area contributed by atoms with Crippen LogP contribution in [0.4, 0.5) is 0 Å². The summed E-state index contributed by atoms with van der Waals surface area (Å²) in [6, 6.07) is 4.83. The highest BCUT2D eigenvalue weighted by Crippen LogP contribution is 2.27. The number of fused-ring (bicyclic) bond motifs is 1. The quantitative estimate of drug-likeness (QED) is 0.768. The van der Waals surface area contributed by atoms with Gasteiger partial charge in [-0.1, -0.05) is 6.07 Å². The molecule has 2 aromatic heterocycles. The standard InChI is InChI=1S/C18H27N5/c1-23-12-11-21-17(23)13-15(19)7-4-9-20-16-8-2-5-14-6-3-10-22-18(14)16/h3,6,10-12,15-16,20H,2,4-5,7-9,13,19H2,1H3. The van der Waals surface area contributed by atoms with Crippen LogP contribution in [0.1, 0.15) is 48.8 Å². The van der Waals surface area contributed by atoms with Gasteiger partial charge >= 0.3 is 0 Å². The maximum absolute atomic E-state index is 6.24. The van der Waals surface area contributed by atoms with Crippen molar-refractivity contribution in [1.29, 1.82) is 0 Å². The number of nitrogens with one attached hydrogen (secondary N) is 1. The summed E-state index contributed by atoms with van der Waals surface area (Å²) in [6.45, 7) is 0.995. The van der Waals surface area contributed by atoms with Crippen LogP contribution in [0.2, 0.25) is 0 Å². The zero-order valence-corrected chi connectivity index (χ0v) is 13.9. The molecule has 0 spiro atoms. The van der Waals surface area contributed by atoms with Crippen LogP contribution in [-0.2, 0) is 19.9 Å². The van der Waals surface area contributed by atoms with Crippen molar-refractivity contribution in [2.45, 2.75) is 50.6 Å². The molecule has 5 heteroatoms. The van der Waals surface area contributed by atoms with Crippen molar-refractivity contribution in [3.8, 4) is 0 Å². The highest BCUT2D eigenvalue weighted by atomic mass is 15.0. The van der Waals surface area contributed by atoms with E-state index in [1.807, 2.05) is 36.3 Å². The van der Waals surface area contributed by atoms with E-state index in [1.54, 1.807) is 0 Å². The molecule has 2 unspecified atom stereocenters. The van der Waals surface area contributed by atoms with Gasteiger partial charge in [0.2, 0.25) is 0 Å². The van der Waals surface area contributed by atoms with Gasteiger partial charge in [-0.3, -0.25) is 4.98 Å². The number of aromatic nitrogens is 3. The fraction of sp³-hybridized carbons (Fsp3) is 0.556. The fourth-order valence-corrected chi connectivity index (χ4v) is 3.38. The van der Waals surface area contributed by atoms with Crippen molar-refractivity contribution in [1.82, 2.24) is 19.9 Å². The van der Waals surface area contributed by atoms with E-state index >= 15 is 0 Å². The van der Waals surface area contributed by atoms with Gasteiger partial charge in [-0.15, -0.1) is 0 Å². The maximum Gasteiger partial charge on any atom is 0.109 e. The lowest BCUT2D eigenvalue weighted by molar-refractivity contribution is 0.432. The van der Waals surface area contributed by atoms with Crippen molar-refractivity contribution in [2.24, 2.45) is 12.8 Å². The Balaban J connectivity index is 1.41. The summed E-state index contributed by atoms with van der Waals surface area (Å²) in [5.74, 6) is 1.07. The van der Waals surface area contributed by atoms with Gasteiger partial charge in [0.1, 0.15) is 5.82 Å². The number of pyridine rings is 1. The minimum Gasteiger partial charge on any atom is -0.338 e. The Labute approximate surface area is 138 Å². The fourth-order valence-electron chi connectivity index (χ4n) is 3.38. The van der Waals surface area contributed by atoms with Crippen LogP contribution in [0.5, 0.6) is 0 Å². The zero-order valence-electron chi connectivity index (χ0n) is 13.9. The smallest absolute Gasteiger partial charge is 0.109 e. The Morgan fingerprint density at radius 1 is 1.39 bits per heavy atom. The second-order valence-electron chi connectivity index (χ2n) is 6.51. The number of imidazole rings is 1. The van der Waals surface area contributed by atoms with Gasteiger partial charge in [-0.05, 0) is 50.3 Å². The summed E-state index contributed by atoms with van der Waals surface area (Å²) >= 11 is 0. The van der Waals surface area contributed by atoms with Gasteiger partial charge in [0, 0.05) is 44.1 Å². The average molecular weight is 313 g/mol. The van der Waals surface area contributed by atoms with E-state index < -0.39 is 0 Å². The van der Waals surface area contributed by atoms with Crippen LogP contribution < -0.4 is 11.1 Å². The van der Waals surface area contributed by atoms with Crippen molar-refractivity contribution in [3.05, 3.63) is 47.8 Å². The minimum atomic E-state index is 0.176. The molecule has 0 saturated heterocycles. The highest BCUT2D eigenvalue weighted by molar-refractivity contribution is 5.25. The van der Waals surface area contributed by atoms with Gasteiger partial charge in [-0.25, -0.2) is 4.98 Å². The lowest BCUT2D eigenvalue weighted by Gasteiger charge is -2.25. The topological polar surface area (TPSA) is 68.8 Å². The number of nitrogens with zero attached hydrogens (tertiary/aromatic N) is 3. The van der Waals surface area contributed by atoms with E-state index in [0.717, 1.165) is 38.1 Å². The number of hydrogen-bond donors (Lipinski definition) is 2. The van der Waals surface area contributed by atoms with Crippen LogP contribution in [0, 0.1) is 0 Å². The third kappa shape index (κ3) is 4.18. The van der Waals surface area contributed by atoms with Crippen LogP contribution >= 0.6 is 0 Å². The van der Waals surface area contributed by atoms with Gasteiger partial charge in [-0.2, -0.15) is 0 Å². The van der Waals surface area contributed by atoms with Crippen molar-refractivity contribution >= 4 is 0 Å². The third-order valence-corrected chi connectivity index (χ3v) is 4.70. The molecule has 1 aliphatic rings. The maximum atomic E-state index is 6.24. The molecule has 124 valence electrons. The largest absolute Gasteiger partial charge is 0.338 e. The zero-order chi connectivity index (χ0) is 16.1. The van der Waals surface area contributed by atoms with Crippen molar-refractivity contribution in [3.63, 3.8) is 0 Å². The van der Waals surface area contributed by atoms with Crippen LogP contribution in [0.3, 0.4) is 0 Å². The van der Waals surface area contributed by atoms with Crippen LogP contribution in [0.25, 0.3) is 0 Å². The molecule has 0 amide bonds. The molecule has 2 heterocycles. The molecule has 0 aromatic carbocycles. The van der Waals surface area contributed by atoms with Gasteiger partial charge < -0.3 is 15.6 Å². The van der Waals surface area contributed by atoms with Gasteiger partial charge in [0.05, 0.1) is 5.69 Å². The SMILES string of the molecule is Cn1ccnc1CC(N)CCCNC1CCCc2cccnc21. The Hall–Kier alpha value is -1.72. The lowest BCUT2D eigenvalue weighted by atomic mass is 9.92. The average Bonchev–Trinajstić information content (AvgIpc) is 2.96. The van der Waals surface area contributed by atoms with E-state index in [1.165, 1.54) is 24.1 Å². The molecule has 0 aliphatic heterocycles. The number of aryl methyl sites for hydroxylation is 2. The van der Waals surface area contributed by atoms with Crippen LogP contribution in [-0.4, -0.2) is 27.1 Å². The monoisotopic (exact) mass is 313 g/mol. The number of nitrogens with two attached hydrogens (primary N) is 1. The first-order valence-corrected chi connectivity index (χ1v) is 8.63. The predicted octanol–water partition coefficient (Wildman–Crippen LogP) is 2.13. The summed E-state index contributed by atoms with van der Waals surface area (Å²) in [5, 5.41) is 3.66. The van der Waals surface area contributed by atoms with Gasteiger partial charge in [0.15, 0.2) is 0 Å². The third-order valence-electron chi connectivity index (χ3n) is 4.70. The molecular formula is C18H27N5. The molecule has 3 rings (SSSR count). The Kier molecular flexibility index (Phi) is 5.41. The molecule has 0 radical (unpaired) electrons. The molecule has 2 aromatic rings. The lowest BCUT2D eigenvalue weighted by Crippen LogP contribution is -2.29. The van der Waals surface area contributed by atoms with E-state index in [9.17, 15) is 0 Å². The highest BCUT2D eigenvalue weighted by Gasteiger charge is 2.20. The van der Waals surface area contributed by atoms with Gasteiger partial charge in [0.25, 0.3) is 0 Å². The number of rotatable bonds is 7. The second-order valence-corrected chi connectivity index (χ2v) is 6.51. The summed E-state index contributed by atoms with van der Waals surface area (Å²) < 4.78 is 2.04. The molecular weight excluding hydrogens is 286 g/mol.